The number of likely N-dealkylation sites (tertiary alicyclic amines) is 1. The Labute approximate surface area is 168 Å². The van der Waals surface area contributed by atoms with Crippen molar-refractivity contribution < 1.29 is 28.3 Å². The van der Waals surface area contributed by atoms with Gasteiger partial charge in [-0.15, -0.1) is 0 Å². The highest BCUT2D eigenvalue weighted by Gasteiger charge is 2.53. The van der Waals surface area contributed by atoms with Gasteiger partial charge in [0.05, 0.1) is 12.0 Å². The van der Waals surface area contributed by atoms with Crippen molar-refractivity contribution in [3.63, 3.8) is 0 Å². The van der Waals surface area contributed by atoms with Gasteiger partial charge in [-0.05, 0) is 24.6 Å². The quantitative estimate of drug-likeness (QED) is 0.702. The van der Waals surface area contributed by atoms with Crippen LogP contribution in [0.2, 0.25) is 0 Å². The molecule has 0 saturated carbocycles. The number of halogens is 1. The number of likely N-dealkylation sites (N-methyl/N-ethyl adjacent to an activating group) is 1. The van der Waals surface area contributed by atoms with E-state index in [1.54, 1.807) is 17.9 Å². The van der Waals surface area contributed by atoms with Gasteiger partial charge in [-0.3, -0.25) is 19.3 Å². The van der Waals surface area contributed by atoms with Crippen LogP contribution in [-0.4, -0.2) is 78.3 Å². The second kappa shape index (κ2) is 8.18. The molecule has 8 nitrogen and oxygen atoms in total. The molecule has 29 heavy (non-hydrogen) atoms. The van der Waals surface area contributed by atoms with Gasteiger partial charge in [-0.1, -0.05) is 12.1 Å². The molecule has 0 bridgehead atoms. The van der Waals surface area contributed by atoms with Gasteiger partial charge in [0.15, 0.2) is 0 Å². The minimum atomic E-state index is -1.41. The Morgan fingerprint density at radius 2 is 1.79 bits per heavy atom. The second-order valence-corrected chi connectivity index (χ2v) is 7.27. The van der Waals surface area contributed by atoms with Crippen LogP contribution in [0.3, 0.4) is 0 Å². The molecule has 2 aliphatic heterocycles. The second-order valence-electron chi connectivity index (χ2n) is 7.27. The molecular formula is C20H24FN3O5. The summed E-state index contributed by atoms with van der Waals surface area (Å²) in [5.41, 5.74) is -1.10. The van der Waals surface area contributed by atoms with E-state index >= 15 is 0 Å². The monoisotopic (exact) mass is 405 g/mol. The zero-order valence-corrected chi connectivity index (χ0v) is 16.5. The first-order chi connectivity index (χ1) is 13.8. The maximum Gasteiger partial charge on any atom is 0.409 e. The number of rotatable bonds is 4. The summed E-state index contributed by atoms with van der Waals surface area (Å²) in [5, 5.41) is 0. The third-order valence-corrected chi connectivity index (χ3v) is 5.53. The average molecular weight is 405 g/mol. The molecule has 0 aromatic heterocycles. The zero-order valence-electron chi connectivity index (χ0n) is 16.5. The van der Waals surface area contributed by atoms with Gasteiger partial charge in [0.1, 0.15) is 5.82 Å². The molecule has 1 aromatic rings. The van der Waals surface area contributed by atoms with Crippen molar-refractivity contribution in [1.82, 2.24) is 14.7 Å². The first kappa shape index (κ1) is 20.8. The number of imide groups is 1. The Balaban J connectivity index is 1.78. The van der Waals surface area contributed by atoms with E-state index < -0.39 is 29.1 Å². The van der Waals surface area contributed by atoms with E-state index in [-0.39, 0.29) is 25.4 Å². The summed E-state index contributed by atoms with van der Waals surface area (Å²) in [5.74, 6) is -1.76. The molecule has 1 aromatic carbocycles. The van der Waals surface area contributed by atoms with Gasteiger partial charge in [-0.25, -0.2) is 9.18 Å². The molecule has 0 aliphatic carbocycles. The number of carbonyl (C=O) groups is 4. The van der Waals surface area contributed by atoms with Crippen LogP contribution in [0.4, 0.5) is 9.18 Å². The van der Waals surface area contributed by atoms with E-state index in [2.05, 4.69) is 0 Å². The average Bonchev–Trinajstić information content (AvgIpc) is 2.92. The SMILES string of the molecule is CCOC(=O)N1CCN(C(=O)C[C@]2(c3cccc(F)c3)CC(=O)N(C)C2=O)CC1. The first-order valence-corrected chi connectivity index (χ1v) is 9.55. The van der Waals surface area contributed by atoms with Crippen molar-refractivity contribution in [3.05, 3.63) is 35.6 Å². The summed E-state index contributed by atoms with van der Waals surface area (Å²) >= 11 is 0. The van der Waals surface area contributed by atoms with E-state index in [0.717, 1.165) is 4.90 Å². The third-order valence-electron chi connectivity index (χ3n) is 5.53. The minimum absolute atomic E-state index is 0.180. The molecule has 2 saturated heterocycles. The third kappa shape index (κ3) is 3.94. The lowest BCUT2D eigenvalue weighted by Crippen LogP contribution is -2.52. The smallest absolute Gasteiger partial charge is 0.409 e. The highest BCUT2D eigenvalue weighted by molar-refractivity contribution is 6.10. The molecule has 0 N–H and O–H groups in total. The van der Waals surface area contributed by atoms with Crippen molar-refractivity contribution in [2.24, 2.45) is 0 Å². The summed E-state index contributed by atoms with van der Waals surface area (Å²) in [6, 6.07) is 5.49. The zero-order chi connectivity index (χ0) is 21.2. The maximum atomic E-state index is 13.8. The Kier molecular flexibility index (Phi) is 5.86. The lowest BCUT2D eigenvalue weighted by molar-refractivity contribution is -0.142. The lowest BCUT2D eigenvalue weighted by atomic mass is 9.75. The number of benzene rings is 1. The van der Waals surface area contributed by atoms with Crippen molar-refractivity contribution in [2.45, 2.75) is 25.2 Å². The summed E-state index contributed by atoms with van der Waals surface area (Å²) in [6.45, 7) is 3.25. The van der Waals surface area contributed by atoms with Crippen LogP contribution in [0.25, 0.3) is 0 Å². The standard InChI is InChI=1S/C20H24FN3O5/c1-3-29-19(28)24-9-7-23(8-10-24)17(26)13-20(12-16(25)22(2)18(20)27)14-5-4-6-15(21)11-14/h4-6,11H,3,7-10,12-13H2,1-2H3/t20-/m0/s1. The Morgan fingerprint density at radius 1 is 1.14 bits per heavy atom. The number of amides is 4. The molecule has 1 atom stereocenters. The Bertz CT molecular complexity index is 837. The topological polar surface area (TPSA) is 87.2 Å². The predicted octanol–water partition coefficient (Wildman–Crippen LogP) is 1.14. The van der Waals surface area contributed by atoms with Gasteiger partial charge in [0.2, 0.25) is 17.7 Å². The van der Waals surface area contributed by atoms with Gasteiger partial charge < -0.3 is 14.5 Å². The molecule has 0 unspecified atom stereocenters. The van der Waals surface area contributed by atoms with E-state index in [1.165, 1.54) is 30.1 Å². The van der Waals surface area contributed by atoms with E-state index in [4.69, 9.17) is 4.74 Å². The molecule has 9 heteroatoms. The van der Waals surface area contributed by atoms with Crippen molar-refractivity contribution in [2.75, 3.05) is 39.8 Å². The highest BCUT2D eigenvalue weighted by Crippen LogP contribution is 2.40. The highest BCUT2D eigenvalue weighted by atomic mass is 19.1. The number of carbonyl (C=O) groups excluding carboxylic acids is 4. The summed E-state index contributed by atoms with van der Waals surface area (Å²) in [4.78, 5) is 54.0. The molecule has 0 spiro atoms. The fourth-order valence-electron chi connectivity index (χ4n) is 3.86. The molecular weight excluding hydrogens is 381 g/mol. The first-order valence-electron chi connectivity index (χ1n) is 9.55. The van der Waals surface area contributed by atoms with Crippen molar-refractivity contribution >= 4 is 23.8 Å². The molecule has 156 valence electrons. The fourth-order valence-corrected chi connectivity index (χ4v) is 3.86. The van der Waals surface area contributed by atoms with Crippen molar-refractivity contribution in [3.8, 4) is 0 Å². The number of ether oxygens (including phenoxy) is 1. The number of hydrogen-bond acceptors (Lipinski definition) is 5. The van der Waals surface area contributed by atoms with Gasteiger partial charge in [-0.2, -0.15) is 0 Å². The van der Waals surface area contributed by atoms with Crippen LogP contribution in [0.5, 0.6) is 0 Å². The van der Waals surface area contributed by atoms with Crippen LogP contribution >= 0.6 is 0 Å². The van der Waals surface area contributed by atoms with E-state index in [1.807, 2.05) is 0 Å². The summed E-state index contributed by atoms with van der Waals surface area (Å²) in [6.07, 6.45) is -0.834. The van der Waals surface area contributed by atoms with Crippen LogP contribution in [0.1, 0.15) is 25.3 Å². The van der Waals surface area contributed by atoms with Crippen LogP contribution in [0, 0.1) is 5.82 Å². The maximum absolute atomic E-state index is 13.8. The predicted molar refractivity (Wildman–Crippen MR) is 100 cm³/mol. The number of piperazine rings is 1. The molecule has 2 heterocycles. The van der Waals surface area contributed by atoms with E-state index in [9.17, 15) is 23.6 Å². The largest absolute Gasteiger partial charge is 0.450 e. The molecule has 2 aliphatic rings. The van der Waals surface area contributed by atoms with Crippen LogP contribution in [-0.2, 0) is 24.5 Å². The van der Waals surface area contributed by atoms with Gasteiger partial charge in [0.25, 0.3) is 0 Å². The van der Waals surface area contributed by atoms with Crippen molar-refractivity contribution in [1.29, 1.82) is 0 Å². The Morgan fingerprint density at radius 3 is 2.34 bits per heavy atom. The minimum Gasteiger partial charge on any atom is -0.450 e. The lowest BCUT2D eigenvalue weighted by Gasteiger charge is -2.36. The van der Waals surface area contributed by atoms with Gasteiger partial charge in [0, 0.05) is 46.1 Å². The molecule has 4 amide bonds. The number of nitrogens with zero attached hydrogens (tertiary/aromatic N) is 3. The van der Waals surface area contributed by atoms with Crippen LogP contribution < -0.4 is 0 Å². The summed E-state index contributed by atoms with van der Waals surface area (Å²) < 4.78 is 18.8. The molecule has 2 fully saturated rings. The van der Waals surface area contributed by atoms with E-state index in [0.29, 0.717) is 31.7 Å². The molecule has 0 radical (unpaired) electrons. The summed E-state index contributed by atoms with van der Waals surface area (Å²) in [7, 11) is 1.37. The normalized spacial score (nSPS) is 22.2. The fraction of sp³-hybridized carbons (Fsp3) is 0.500. The number of hydrogen-bond donors (Lipinski definition) is 0. The molecule has 3 rings (SSSR count). The van der Waals surface area contributed by atoms with Gasteiger partial charge >= 0.3 is 6.09 Å². The van der Waals surface area contributed by atoms with Crippen LogP contribution in [0.15, 0.2) is 24.3 Å². The Hall–Kier alpha value is -2.97.